The molecule has 0 saturated carbocycles. The average Bonchev–Trinajstić information content (AvgIpc) is 2.09. The maximum atomic E-state index is 8.42. The van der Waals surface area contributed by atoms with Crippen molar-refractivity contribution in [2.24, 2.45) is 5.16 Å². The maximum absolute atomic E-state index is 8.42. The lowest BCUT2D eigenvalue weighted by Gasteiger charge is -1.94. The van der Waals surface area contributed by atoms with Crippen molar-refractivity contribution < 1.29 is 5.21 Å². The lowest BCUT2D eigenvalue weighted by atomic mass is 10.1. The van der Waals surface area contributed by atoms with Crippen molar-refractivity contribution in [3.8, 4) is 0 Å². The van der Waals surface area contributed by atoms with Gasteiger partial charge in [-0.05, 0) is 0 Å². The fourth-order valence-electron chi connectivity index (χ4n) is 0.779. The molecular weight excluding hydrogens is 140 g/mol. The summed E-state index contributed by atoms with van der Waals surface area (Å²) in [7, 11) is 0. The van der Waals surface area contributed by atoms with E-state index in [4.69, 9.17) is 10.6 Å². The van der Waals surface area contributed by atoms with Crippen LogP contribution in [0.3, 0.4) is 0 Å². The fourth-order valence-corrected chi connectivity index (χ4v) is 0.779. The van der Waals surface area contributed by atoms with Crippen LogP contribution in [0.15, 0.2) is 35.5 Å². The second-order valence-electron chi connectivity index (χ2n) is 2.00. The summed E-state index contributed by atoms with van der Waals surface area (Å²) in [5.41, 5.74) is 1.01. The Bertz CT molecular complexity index is 267. The zero-order chi connectivity index (χ0) is 8.10. The third kappa shape index (κ3) is 1.64. The highest BCUT2D eigenvalue weighted by atomic mass is 16.4. The monoisotopic (exact) mass is 148 g/mol. The minimum atomic E-state index is 0.269. The molecule has 0 fully saturated rings. The SMILES string of the molecule is N=C/C(=N/O)c1ccccc1. The number of hydrogen-bond donors (Lipinski definition) is 2. The van der Waals surface area contributed by atoms with E-state index >= 15 is 0 Å². The molecule has 0 unspecified atom stereocenters. The topological polar surface area (TPSA) is 56.4 Å². The standard InChI is InChI=1S/C8H8N2O/c9-6-8(10-11)7-4-2-1-3-5-7/h1-6,9,11H/b9-6?,10-8-. The minimum Gasteiger partial charge on any atom is -0.410 e. The van der Waals surface area contributed by atoms with Gasteiger partial charge in [0.1, 0.15) is 5.71 Å². The van der Waals surface area contributed by atoms with Gasteiger partial charge in [0, 0.05) is 11.8 Å². The van der Waals surface area contributed by atoms with Crippen molar-refractivity contribution in [2.45, 2.75) is 0 Å². The summed E-state index contributed by atoms with van der Waals surface area (Å²) in [6.45, 7) is 0. The molecule has 0 atom stereocenters. The average molecular weight is 148 g/mol. The van der Waals surface area contributed by atoms with E-state index in [1.165, 1.54) is 0 Å². The van der Waals surface area contributed by atoms with Gasteiger partial charge in [-0.3, -0.25) is 0 Å². The number of oxime groups is 1. The van der Waals surface area contributed by atoms with E-state index in [2.05, 4.69) is 5.16 Å². The second kappa shape index (κ2) is 3.51. The van der Waals surface area contributed by atoms with Gasteiger partial charge in [0.15, 0.2) is 0 Å². The highest BCUT2D eigenvalue weighted by Crippen LogP contribution is 1.98. The van der Waals surface area contributed by atoms with Crippen LogP contribution in [-0.4, -0.2) is 17.1 Å². The van der Waals surface area contributed by atoms with Crippen molar-refractivity contribution in [3.63, 3.8) is 0 Å². The Morgan fingerprint density at radius 3 is 2.45 bits per heavy atom. The Morgan fingerprint density at radius 2 is 2.00 bits per heavy atom. The number of nitrogens with one attached hydrogen (secondary N) is 1. The van der Waals surface area contributed by atoms with Crippen LogP contribution in [0.5, 0.6) is 0 Å². The molecule has 56 valence electrons. The van der Waals surface area contributed by atoms with Crippen molar-refractivity contribution in [1.29, 1.82) is 5.41 Å². The normalized spacial score (nSPS) is 11.1. The Balaban J connectivity index is 3.01. The van der Waals surface area contributed by atoms with E-state index in [0.717, 1.165) is 11.8 Å². The van der Waals surface area contributed by atoms with Crippen LogP contribution in [0.1, 0.15) is 5.56 Å². The van der Waals surface area contributed by atoms with Gasteiger partial charge >= 0.3 is 0 Å². The van der Waals surface area contributed by atoms with Crippen molar-refractivity contribution in [1.82, 2.24) is 0 Å². The van der Waals surface area contributed by atoms with Gasteiger partial charge in [-0.1, -0.05) is 35.5 Å². The van der Waals surface area contributed by atoms with E-state index in [1.54, 1.807) is 12.1 Å². The van der Waals surface area contributed by atoms with Gasteiger partial charge in [0.2, 0.25) is 0 Å². The first-order valence-electron chi connectivity index (χ1n) is 3.16. The Hall–Kier alpha value is -1.64. The molecule has 0 aliphatic rings. The largest absolute Gasteiger partial charge is 0.410 e. The van der Waals surface area contributed by atoms with Crippen LogP contribution >= 0.6 is 0 Å². The molecular formula is C8H8N2O. The molecule has 0 saturated heterocycles. The molecule has 0 amide bonds. The number of hydrogen-bond acceptors (Lipinski definition) is 3. The zero-order valence-corrected chi connectivity index (χ0v) is 5.86. The molecule has 3 heteroatoms. The third-order valence-electron chi connectivity index (χ3n) is 1.31. The summed E-state index contributed by atoms with van der Waals surface area (Å²) >= 11 is 0. The van der Waals surface area contributed by atoms with Gasteiger partial charge in [-0.15, -0.1) is 0 Å². The van der Waals surface area contributed by atoms with Crippen LogP contribution in [-0.2, 0) is 0 Å². The summed E-state index contributed by atoms with van der Waals surface area (Å²) < 4.78 is 0. The van der Waals surface area contributed by atoms with E-state index in [9.17, 15) is 0 Å². The van der Waals surface area contributed by atoms with Crippen LogP contribution in [0.25, 0.3) is 0 Å². The molecule has 0 spiro atoms. The predicted molar refractivity (Wildman–Crippen MR) is 43.5 cm³/mol. The van der Waals surface area contributed by atoms with E-state index < -0.39 is 0 Å². The fraction of sp³-hybridized carbons (Fsp3) is 0. The van der Waals surface area contributed by atoms with Gasteiger partial charge in [-0.2, -0.15) is 0 Å². The van der Waals surface area contributed by atoms with Crippen molar-refractivity contribution in [3.05, 3.63) is 35.9 Å². The number of benzene rings is 1. The Labute approximate surface area is 64.5 Å². The highest BCUT2D eigenvalue weighted by Gasteiger charge is 1.96. The summed E-state index contributed by atoms with van der Waals surface area (Å²) in [5.74, 6) is 0. The Kier molecular flexibility index (Phi) is 2.38. The van der Waals surface area contributed by atoms with Crippen molar-refractivity contribution >= 4 is 11.9 Å². The smallest absolute Gasteiger partial charge is 0.127 e. The molecule has 0 bridgehead atoms. The molecule has 0 radical (unpaired) electrons. The molecule has 11 heavy (non-hydrogen) atoms. The van der Waals surface area contributed by atoms with Gasteiger partial charge in [-0.25, -0.2) is 0 Å². The first-order valence-corrected chi connectivity index (χ1v) is 3.16. The summed E-state index contributed by atoms with van der Waals surface area (Å²) in [6.07, 6.45) is 1.01. The van der Waals surface area contributed by atoms with Gasteiger partial charge in [0.05, 0.1) is 0 Å². The molecule has 1 aromatic carbocycles. The van der Waals surface area contributed by atoms with E-state index in [0.29, 0.717) is 0 Å². The minimum absolute atomic E-state index is 0.269. The number of nitrogens with zero attached hydrogens (tertiary/aromatic N) is 1. The molecule has 1 rings (SSSR count). The summed E-state index contributed by atoms with van der Waals surface area (Å²) in [4.78, 5) is 0. The lowest BCUT2D eigenvalue weighted by molar-refractivity contribution is 0.320. The molecule has 2 N–H and O–H groups in total. The predicted octanol–water partition coefficient (Wildman–Crippen LogP) is 1.51. The van der Waals surface area contributed by atoms with Crippen molar-refractivity contribution in [2.75, 3.05) is 0 Å². The highest BCUT2D eigenvalue weighted by molar-refractivity contribution is 6.37. The van der Waals surface area contributed by atoms with E-state index in [1.807, 2.05) is 18.2 Å². The summed E-state index contributed by atoms with van der Waals surface area (Å²) in [5, 5.41) is 18.2. The van der Waals surface area contributed by atoms with Gasteiger partial charge in [0.25, 0.3) is 0 Å². The van der Waals surface area contributed by atoms with Crippen LogP contribution in [0.4, 0.5) is 0 Å². The quantitative estimate of drug-likeness (QED) is 0.373. The third-order valence-corrected chi connectivity index (χ3v) is 1.31. The molecule has 0 aromatic heterocycles. The molecule has 1 aromatic rings. The van der Waals surface area contributed by atoms with Crippen LogP contribution in [0, 0.1) is 5.41 Å². The first kappa shape index (κ1) is 7.47. The van der Waals surface area contributed by atoms with E-state index in [-0.39, 0.29) is 5.71 Å². The summed E-state index contributed by atoms with van der Waals surface area (Å²) in [6, 6.07) is 9.07. The number of rotatable bonds is 2. The van der Waals surface area contributed by atoms with Crippen LogP contribution < -0.4 is 0 Å². The van der Waals surface area contributed by atoms with Gasteiger partial charge < -0.3 is 10.6 Å². The molecule has 0 aliphatic heterocycles. The molecule has 0 heterocycles. The lowest BCUT2D eigenvalue weighted by Crippen LogP contribution is -2.00. The molecule has 3 nitrogen and oxygen atoms in total. The molecule has 0 aliphatic carbocycles. The first-order chi connectivity index (χ1) is 5.38. The second-order valence-corrected chi connectivity index (χ2v) is 2.00. The maximum Gasteiger partial charge on any atom is 0.127 e. The Morgan fingerprint density at radius 1 is 1.36 bits per heavy atom. The zero-order valence-electron chi connectivity index (χ0n) is 5.86. The van der Waals surface area contributed by atoms with Crippen LogP contribution in [0.2, 0.25) is 0 Å².